The highest BCUT2D eigenvalue weighted by Crippen LogP contribution is 2.37. The first-order valence-corrected chi connectivity index (χ1v) is 8.64. The quantitative estimate of drug-likeness (QED) is 0.292. The van der Waals surface area contributed by atoms with E-state index in [1.54, 1.807) is 30.3 Å². The van der Waals surface area contributed by atoms with Crippen LogP contribution in [0.2, 0.25) is 0 Å². The van der Waals surface area contributed by atoms with Gasteiger partial charge >= 0.3 is 0 Å². The summed E-state index contributed by atoms with van der Waals surface area (Å²) in [6.45, 7) is 0. The summed E-state index contributed by atoms with van der Waals surface area (Å²) < 4.78 is 0. The summed E-state index contributed by atoms with van der Waals surface area (Å²) >= 11 is 0. The molecule has 0 saturated heterocycles. The number of carbonyl (C=O) groups is 2. The summed E-state index contributed by atoms with van der Waals surface area (Å²) in [7, 11) is 0. The van der Waals surface area contributed by atoms with E-state index in [9.17, 15) is 19.7 Å². The number of anilines is 1. The molecule has 0 unspecified atom stereocenters. The maximum Gasteiger partial charge on any atom is 0.270 e. The minimum Gasteiger partial charge on any atom is -0.268 e. The van der Waals surface area contributed by atoms with Gasteiger partial charge in [0.1, 0.15) is 0 Å². The topological polar surface area (TPSA) is 80.5 Å². The number of benzene rings is 4. The van der Waals surface area contributed by atoms with E-state index in [-0.39, 0.29) is 11.3 Å². The first-order valence-electron chi connectivity index (χ1n) is 8.64. The summed E-state index contributed by atoms with van der Waals surface area (Å²) in [5.74, 6) is -0.998. The molecule has 2 amide bonds. The fraction of sp³-hybridized carbons (Fsp3) is 0. The van der Waals surface area contributed by atoms with E-state index in [1.807, 2.05) is 30.3 Å². The lowest BCUT2D eigenvalue weighted by molar-refractivity contribution is -0.384. The zero-order valence-electron chi connectivity index (χ0n) is 14.5. The van der Waals surface area contributed by atoms with E-state index >= 15 is 0 Å². The van der Waals surface area contributed by atoms with Gasteiger partial charge in [-0.15, -0.1) is 0 Å². The fourth-order valence-corrected chi connectivity index (χ4v) is 3.82. The molecule has 0 spiro atoms. The zero-order chi connectivity index (χ0) is 19.4. The van der Waals surface area contributed by atoms with Crippen LogP contribution < -0.4 is 4.90 Å². The van der Waals surface area contributed by atoms with Gasteiger partial charge in [0.25, 0.3) is 17.5 Å². The largest absolute Gasteiger partial charge is 0.270 e. The van der Waals surface area contributed by atoms with E-state index in [1.165, 1.54) is 12.1 Å². The molecule has 6 nitrogen and oxygen atoms in total. The van der Waals surface area contributed by atoms with Gasteiger partial charge in [0.15, 0.2) is 0 Å². The van der Waals surface area contributed by atoms with Crippen LogP contribution in [0.3, 0.4) is 0 Å². The summed E-state index contributed by atoms with van der Waals surface area (Å²) in [6.07, 6.45) is 0. The highest BCUT2D eigenvalue weighted by molar-refractivity contribution is 6.37. The van der Waals surface area contributed by atoms with Crippen molar-refractivity contribution >= 4 is 44.7 Å². The molecule has 0 aliphatic carbocycles. The maximum atomic E-state index is 13.3. The SMILES string of the molecule is O=C1c2cccc3cc([N+](=O)[O-])cc(c23)C(=O)N1c1cccc2ccccc12. The predicted octanol–water partition coefficient (Wildman–Crippen LogP) is 4.70. The van der Waals surface area contributed by atoms with Crippen LogP contribution in [-0.2, 0) is 0 Å². The van der Waals surface area contributed by atoms with Gasteiger partial charge in [-0.3, -0.25) is 19.7 Å². The Bertz CT molecular complexity index is 1340. The summed E-state index contributed by atoms with van der Waals surface area (Å²) in [5.41, 5.74) is 0.796. The number of non-ortho nitro benzene ring substituents is 1. The molecule has 1 aliphatic heterocycles. The number of amides is 2. The zero-order valence-corrected chi connectivity index (χ0v) is 14.5. The Balaban J connectivity index is 1.82. The highest BCUT2D eigenvalue weighted by Gasteiger charge is 2.35. The van der Waals surface area contributed by atoms with Crippen LogP contribution in [0, 0.1) is 10.1 Å². The van der Waals surface area contributed by atoms with Crippen molar-refractivity contribution in [1.82, 2.24) is 0 Å². The molecule has 0 atom stereocenters. The van der Waals surface area contributed by atoms with Crippen molar-refractivity contribution in [2.75, 3.05) is 4.90 Å². The normalized spacial score (nSPS) is 13.4. The van der Waals surface area contributed by atoms with Crippen molar-refractivity contribution in [3.05, 3.63) is 94.0 Å². The third kappa shape index (κ3) is 2.15. The number of nitrogens with zero attached hydrogens (tertiary/aromatic N) is 2. The van der Waals surface area contributed by atoms with E-state index in [2.05, 4.69) is 0 Å². The Labute approximate surface area is 158 Å². The first-order chi connectivity index (χ1) is 13.6. The fourth-order valence-electron chi connectivity index (χ4n) is 3.82. The van der Waals surface area contributed by atoms with Gasteiger partial charge in [-0.05, 0) is 22.9 Å². The number of imide groups is 1. The molecule has 28 heavy (non-hydrogen) atoms. The number of nitro groups is 1. The average molecular weight is 368 g/mol. The van der Waals surface area contributed by atoms with Gasteiger partial charge in [-0.25, -0.2) is 4.90 Å². The van der Waals surface area contributed by atoms with Gasteiger partial charge in [0.2, 0.25) is 0 Å². The first kappa shape index (κ1) is 16.1. The van der Waals surface area contributed by atoms with Crippen LogP contribution in [0.15, 0.2) is 72.8 Å². The molecule has 134 valence electrons. The van der Waals surface area contributed by atoms with Crippen LogP contribution >= 0.6 is 0 Å². The molecule has 4 aromatic carbocycles. The monoisotopic (exact) mass is 368 g/mol. The molecule has 5 rings (SSSR count). The number of hydrogen-bond acceptors (Lipinski definition) is 4. The van der Waals surface area contributed by atoms with Crippen molar-refractivity contribution in [2.24, 2.45) is 0 Å². The van der Waals surface area contributed by atoms with E-state index in [0.29, 0.717) is 22.0 Å². The van der Waals surface area contributed by atoms with Crippen molar-refractivity contribution < 1.29 is 14.5 Å². The second-order valence-electron chi connectivity index (χ2n) is 6.60. The number of rotatable bonds is 2. The summed E-state index contributed by atoms with van der Waals surface area (Å²) in [4.78, 5) is 38.5. The van der Waals surface area contributed by atoms with Gasteiger partial charge in [-0.1, -0.05) is 48.5 Å². The minimum atomic E-state index is -0.561. The van der Waals surface area contributed by atoms with Crippen LogP contribution in [-0.4, -0.2) is 16.7 Å². The van der Waals surface area contributed by atoms with E-state index < -0.39 is 16.7 Å². The van der Waals surface area contributed by atoms with E-state index in [0.717, 1.165) is 15.7 Å². The molecular formula is C22H12N2O4. The smallest absolute Gasteiger partial charge is 0.268 e. The molecular weight excluding hydrogens is 356 g/mol. The number of carbonyl (C=O) groups excluding carboxylic acids is 2. The van der Waals surface area contributed by atoms with Crippen LogP contribution in [0.1, 0.15) is 20.7 Å². The van der Waals surface area contributed by atoms with Crippen LogP contribution in [0.5, 0.6) is 0 Å². The molecule has 6 heteroatoms. The number of nitro benzene ring substituents is 1. The van der Waals surface area contributed by atoms with Gasteiger partial charge in [0.05, 0.1) is 16.2 Å². The Kier molecular flexibility index (Phi) is 3.30. The summed E-state index contributed by atoms with van der Waals surface area (Å²) in [5, 5.41) is 13.9. The Morgan fingerprint density at radius 2 is 1.43 bits per heavy atom. The molecule has 1 heterocycles. The number of fused-ring (bicyclic) bond motifs is 1. The summed E-state index contributed by atoms with van der Waals surface area (Å²) in [6, 6.07) is 20.5. The molecule has 0 fully saturated rings. The third-order valence-corrected chi connectivity index (χ3v) is 5.05. The van der Waals surface area contributed by atoms with Gasteiger partial charge in [-0.2, -0.15) is 0 Å². The lowest BCUT2D eigenvalue weighted by atomic mass is 9.92. The van der Waals surface area contributed by atoms with Crippen molar-refractivity contribution in [3.63, 3.8) is 0 Å². The minimum absolute atomic E-state index is 0.160. The lowest BCUT2D eigenvalue weighted by Gasteiger charge is -2.28. The molecule has 0 N–H and O–H groups in total. The molecule has 4 aromatic rings. The Morgan fingerprint density at radius 1 is 0.750 bits per heavy atom. The van der Waals surface area contributed by atoms with Gasteiger partial charge < -0.3 is 0 Å². The molecule has 0 radical (unpaired) electrons. The standard InChI is InChI=1S/C22H12N2O4/c25-21-17-9-3-7-14-11-15(24(27)28)12-18(20(14)17)22(26)23(21)19-10-4-6-13-5-1-2-8-16(13)19/h1-12H. The second-order valence-corrected chi connectivity index (χ2v) is 6.60. The molecule has 0 aromatic heterocycles. The highest BCUT2D eigenvalue weighted by atomic mass is 16.6. The molecule has 0 saturated carbocycles. The van der Waals surface area contributed by atoms with Crippen LogP contribution in [0.4, 0.5) is 11.4 Å². The predicted molar refractivity (Wildman–Crippen MR) is 106 cm³/mol. The van der Waals surface area contributed by atoms with Gasteiger partial charge in [0, 0.05) is 28.5 Å². The maximum absolute atomic E-state index is 13.3. The molecule has 1 aliphatic rings. The average Bonchev–Trinajstić information content (AvgIpc) is 2.71. The Morgan fingerprint density at radius 3 is 2.25 bits per heavy atom. The number of hydrogen-bond donors (Lipinski definition) is 0. The van der Waals surface area contributed by atoms with Crippen molar-refractivity contribution in [1.29, 1.82) is 0 Å². The molecule has 0 bridgehead atoms. The third-order valence-electron chi connectivity index (χ3n) is 5.05. The lowest BCUT2D eigenvalue weighted by Crippen LogP contribution is -2.40. The second kappa shape index (κ2) is 5.72. The Hall–Kier alpha value is -4.06. The van der Waals surface area contributed by atoms with Crippen molar-refractivity contribution in [2.45, 2.75) is 0 Å². The van der Waals surface area contributed by atoms with Crippen LogP contribution in [0.25, 0.3) is 21.5 Å². The van der Waals surface area contributed by atoms with E-state index in [4.69, 9.17) is 0 Å². The van der Waals surface area contributed by atoms with Crippen molar-refractivity contribution in [3.8, 4) is 0 Å².